The maximum absolute atomic E-state index is 12.6. The number of carbonyl (C=O) groups excluding carboxylic acids is 1. The van der Waals surface area contributed by atoms with Gasteiger partial charge in [0.15, 0.2) is 5.16 Å². The molecule has 0 radical (unpaired) electrons. The summed E-state index contributed by atoms with van der Waals surface area (Å²) in [5.74, 6) is -0.0610. The van der Waals surface area contributed by atoms with E-state index in [0.717, 1.165) is 20.6 Å². The van der Waals surface area contributed by atoms with E-state index in [1.54, 1.807) is 22.7 Å². The molecule has 0 unspecified atom stereocenters. The molecule has 1 atom stereocenters. The number of para-hydroxylation sites is 1. The van der Waals surface area contributed by atoms with Crippen molar-refractivity contribution >= 4 is 35.1 Å². The van der Waals surface area contributed by atoms with Gasteiger partial charge in [0, 0.05) is 16.8 Å². The van der Waals surface area contributed by atoms with E-state index in [1.165, 1.54) is 11.8 Å². The Morgan fingerprint density at radius 3 is 2.56 bits per heavy atom. The summed E-state index contributed by atoms with van der Waals surface area (Å²) in [4.78, 5) is 14.7. The van der Waals surface area contributed by atoms with Crippen molar-refractivity contribution in [2.24, 2.45) is 7.05 Å². The zero-order valence-corrected chi connectivity index (χ0v) is 15.6. The Kier molecular flexibility index (Phi) is 5.78. The number of nitrogens with zero attached hydrogens (tertiary/aromatic N) is 3. The van der Waals surface area contributed by atoms with E-state index in [-0.39, 0.29) is 11.2 Å². The molecule has 3 rings (SSSR count). The number of benzene rings is 2. The first-order chi connectivity index (χ1) is 12.1. The first-order valence-corrected chi connectivity index (χ1v) is 9.46. The Bertz CT molecular complexity index is 851. The Balaban J connectivity index is 1.70. The van der Waals surface area contributed by atoms with Crippen LogP contribution in [0.1, 0.15) is 6.92 Å². The van der Waals surface area contributed by atoms with E-state index >= 15 is 0 Å². The number of rotatable bonds is 6. The Morgan fingerprint density at radius 1 is 1.12 bits per heavy atom. The van der Waals surface area contributed by atoms with Crippen molar-refractivity contribution < 1.29 is 4.79 Å². The molecule has 5 nitrogen and oxygen atoms in total. The lowest BCUT2D eigenvalue weighted by molar-refractivity contribution is -0.115. The van der Waals surface area contributed by atoms with E-state index in [4.69, 9.17) is 0 Å². The monoisotopic (exact) mass is 370 g/mol. The number of aromatic nitrogens is 3. The van der Waals surface area contributed by atoms with Gasteiger partial charge in [-0.15, -0.1) is 10.2 Å². The highest BCUT2D eigenvalue weighted by molar-refractivity contribution is 8.00. The van der Waals surface area contributed by atoms with Crippen LogP contribution in [0.25, 0.3) is 0 Å². The normalized spacial score (nSPS) is 11.9. The number of nitrogens with one attached hydrogen (secondary N) is 1. The summed E-state index contributed by atoms with van der Waals surface area (Å²) in [6.45, 7) is 1.86. The molecule has 7 heteroatoms. The van der Waals surface area contributed by atoms with Crippen LogP contribution < -0.4 is 5.32 Å². The average Bonchev–Trinajstić information content (AvgIpc) is 3.02. The highest BCUT2D eigenvalue weighted by Gasteiger charge is 2.18. The Morgan fingerprint density at radius 2 is 1.84 bits per heavy atom. The summed E-state index contributed by atoms with van der Waals surface area (Å²) in [7, 11) is 1.86. The summed E-state index contributed by atoms with van der Waals surface area (Å²) in [5, 5.41) is 11.3. The summed E-state index contributed by atoms with van der Waals surface area (Å²) in [5.41, 5.74) is 0.812. The third kappa shape index (κ3) is 4.64. The molecule has 1 aromatic heterocycles. The van der Waals surface area contributed by atoms with Crippen LogP contribution in [0.2, 0.25) is 0 Å². The quantitative estimate of drug-likeness (QED) is 0.663. The second-order valence-electron chi connectivity index (χ2n) is 5.39. The average molecular weight is 371 g/mol. The summed E-state index contributed by atoms with van der Waals surface area (Å²) in [6, 6.07) is 17.9. The van der Waals surface area contributed by atoms with E-state index in [1.807, 2.05) is 56.4 Å². The molecule has 0 saturated heterocycles. The molecule has 1 amide bonds. The van der Waals surface area contributed by atoms with Crippen LogP contribution in [0.15, 0.2) is 75.9 Å². The Labute approximate surface area is 155 Å². The third-order valence-electron chi connectivity index (χ3n) is 3.44. The molecule has 0 fully saturated rings. The highest BCUT2D eigenvalue weighted by Crippen LogP contribution is 2.33. The summed E-state index contributed by atoms with van der Waals surface area (Å²) < 4.78 is 1.80. The molecule has 25 heavy (non-hydrogen) atoms. The number of amides is 1. The van der Waals surface area contributed by atoms with Gasteiger partial charge in [0.05, 0.1) is 10.9 Å². The van der Waals surface area contributed by atoms with Crippen molar-refractivity contribution in [3.8, 4) is 0 Å². The number of thioether (sulfide) groups is 1. The molecule has 0 bridgehead atoms. The molecular weight excluding hydrogens is 352 g/mol. The largest absolute Gasteiger partial charge is 0.324 e. The first kappa shape index (κ1) is 17.6. The molecule has 1 N–H and O–H groups in total. The van der Waals surface area contributed by atoms with Gasteiger partial charge in [-0.2, -0.15) is 0 Å². The number of hydrogen-bond donors (Lipinski definition) is 1. The van der Waals surface area contributed by atoms with E-state index in [2.05, 4.69) is 27.6 Å². The van der Waals surface area contributed by atoms with Crippen molar-refractivity contribution in [1.29, 1.82) is 0 Å². The van der Waals surface area contributed by atoms with Crippen molar-refractivity contribution in [2.45, 2.75) is 27.1 Å². The van der Waals surface area contributed by atoms with Gasteiger partial charge < -0.3 is 9.88 Å². The van der Waals surface area contributed by atoms with Gasteiger partial charge in [0.25, 0.3) is 0 Å². The van der Waals surface area contributed by atoms with Crippen LogP contribution in [-0.2, 0) is 11.8 Å². The standard InChI is InChI=1S/C18H18N4OS2/c1-13(24-18-21-19-12-22(18)2)17(23)20-15-10-6-7-11-16(15)25-14-8-4-3-5-9-14/h3-13H,1-2H3,(H,20,23)/t13-/m1/s1. The predicted molar refractivity (Wildman–Crippen MR) is 102 cm³/mol. The van der Waals surface area contributed by atoms with Gasteiger partial charge in [-0.05, 0) is 31.2 Å². The second-order valence-corrected chi connectivity index (χ2v) is 7.81. The van der Waals surface area contributed by atoms with Crippen LogP contribution in [0.5, 0.6) is 0 Å². The zero-order chi connectivity index (χ0) is 17.6. The predicted octanol–water partition coefficient (Wildman–Crippen LogP) is 4.09. The van der Waals surface area contributed by atoms with E-state index < -0.39 is 0 Å². The fourth-order valence-corrected chi connectivity index (χ4v) is 3.81. The molecular formula is C18H18N4OS2. The van der Waals surface area contributed by atoms with E-state index in [9.17, 15) is 4.79 Å². The molecule has 0 aliphatic carbocycles. The highest BCUT2D eigenvalue weighted by atomic mass is 32.2. The lowest BCUT2D eigenvalue weighted by Gasteiger charge is -2.14. The van der Waals surface area contributed by atoms with Crippen molar-refractivity contribution in [3.05, 3.63) is 60.9 Å². The zero-order valence-electron chi connectivity index (χ0n) is 13.9. The molecule has 0 aliphatic heterocycles. The van der Waals surface area contributed by atoms with Gasteiger partial charge in [0.1, 0.15) is 6.33 Å². The van der Waals surface area contributed by atoms with Crippen LogP contribution in [0.3, 0.4) is 0 Å². The molecule has 3 aromatic rings. The number of aryl methyl sites for hydroxylation is 1. The lowest BCUT2D eigenvalue weighted by Crippen LogP contribution is -2.23. The topological polar surface area (TPSA) is 59.8 Å². The SMILES string of the molecule is C[C@@H](Sc1nncn1C)C(=O)Nc1ccccc1Sc1ccccc1. The smallest absolute Gasteiger partial charge is 0.237 e. The van der Waals surface area contributed by atoms with Crippen LogP contribution in [0.4, 0.5) is 5.69 Å². The molecule has 0 spiro atoms. The maximum atomic E-state index is 12.6. The van der Waals surface area contributed by atoms with Crippen molar-refractivity contribution in [3.63, 3.8) is 0 Å². The van der Waals surface area contributed by atoms with Gasteiger partial charge in [-0.25, -0.2) is 0 Å². The third-order valence-corrected chi connectivity index (χ3v) is 5.67. The fraction of sp³-hybridized carbons (Fsp3) is 0.167. The molecule has 128 valence electrons. The summed E-state index contributed by atoms with van der Waals surface area (Å²) in [6.07, 6.45) is 1.62. The number of hydrogen-bond acceptors (Lipinski definition) is 5. The van der Waals surface area contributed by atoms with Crippen LogP contribution in [-0.4, -0.2) is 25.9 Å². The molecule has 1 heterocycles. The molecule has 0 aliphatic rings. The number of carbonyl (C=O) groups is 1. The van der Waals surface area contributed by atoms with Gasteiger partial charge in [-0.1, -0.05) is 53.9 Å². The second kappa shape index (κ2) is 8.22. The minimum Gasteiger partial charge on any atom is -0.324 e. The van der Waals surface area contributed by atoms with Crippen LogP contribution >= 0.6 is 23.5 Å². The Hall–Kier alpha value is -2.25. The molecule has 2 aromatic carbocycles. The lowest BCUT2D eigenvalue weighted by atomic mass is 10.3. The minimum atomic E-state index is -0.280. The van der Waals surface area contributed by atoms with Crippen molar-refractivity contribution in [2.75, 3.05) is 5.32 Å². The summed E-state index contributed by atoms with van der Waals surface area (Å²) >= 11 is 3.01. The van der Waals surface area contributed by atoms with Gasteiger partial charge >= 0.3 is 0 Å². The van der Waals surface area contributed by atoms with Gasteiger partial charge in [-0.3, -0.25) is 4.79 Å². The maximum Gasteiger partial charge on any atom is 0.237 e. The number of anilines is 1. The van der Waals surface area contributed by atoms with Gasteiger partial charge in [0.2, 0.25) is 5.91 Å². The fourth-order valence-electron chi connectivity index (χ4n) is 2.10. The molecule has 0 saturated carbocycles. The van der Waals surface area contributed by atoms with Crippen molar-refractivity contribution in [1.82, 2.24) is 14.8 Å². The first-order valence-electron chi connectivity index (χ1n) is 7.77. The van der Waals surface area contributed by atoms with Crippen LogP contribution in [0, 0.1) is 0 Å². The minimum absolute atomic E-state index is 0.0610. The van der Waals surface area contributed by atoms with E-state index in [0.29, 0.717) is 0 Å².